The first-order valence-electron chi connectivity index (χ1n) is 16.0. The molecule has 0 bridgehead atoms. The van der Waals surface area contributed by atoms with Gasteiger partial charge in [-0.1, -0.05) is 90.6 Å². The average molecular weight is 671 g/mol. The molecule has 7 rings (SSSR count). The standard InChI is InChI=1S/C38H34N6O4S/c45-24-26-14-16-28(17-15-26)35-21-34(25-49-38-41-42-43-44(38)33-12-2-1-3-13-33)47-37(48-35)31-10-5-9-30(20-31)29-8-4-7-27(19-29)22-40-36(46)32-11-6-18-39-23-32/h1-20,23,34-35,37,45H,21-22,24-25H2,(H,40,46)/t34-,35+,37+/m0/s1. The summed E-state index contributed by atoms with van der Waals surface area (Å²) in [4.78, 5) is 16.6. The first-order chi connectivity index (χ1) is 24.1. The molecule has 1 aliphatic heterocycles. The molecule has 246 valence electrons. The largest absolute Gasteiger partial charge is 0.392 e. The number of benzene rings is 4. The van der Waals surface area contributed by atoms with E-state index in [4.69, 9.17) is 9.47 Å². The van der Waals surface area contributed by atoms with Crippen LogP contribution >= 0.6 is 11.8 Å². The molecular weight excluding hydrogens is 637 g/mol. The van der Waals surface area contributed by atoms with Crippen LogP contribution in [0.5, 0.6) is 0 Å². The first kappa shape index (κ1) is 32.4. The molecule has 3 heterocycles. The van der Waals surface area contributed by atoms with E-state index in [0.29, 0.717) is 29.4 Å². The van der Waals surface area contributed by atoms with E-state index in [0.717, 1.165) is 39.1 Å². The quantitative estimate of drug-likeness (QED) is 0.149. The molecule has 3 atom stereocenters. The van der Waals surface area contributed by atoms with E-state index in [1.807, 2.05) is 78.9 Å². The number of aromatic nitrogens is 5. The Morgan fingerprint density at radius 2 is 1.67 bits per heavy atom. The Hall–Kier alpha value is -5.20. The highest BCUT2D eigenvalue weighted by Crippen LogP contribution is 2.40. The summed E-state index contributed by atoms with van der Waals surface area (Å²) in [5.74, 6) is 0.446. The molecule has 1 amide bonds. The number of ether oxygens (including phenoxy) is 2. The van der Waals surface area contributed by atoms with Crippen LogP contribution in [-0.4, -0.2) is 48.1 Å². The number of aliphatic hydroxyl groups excluding tert-OH is 1. The number of carbonyl (C=O) groups is 1. The van der Waals surface area contributed by atoms with Gasteiger partial charge in [0.2, 0.25) is 5.16 Å². The number of nitrogens with zero attached hydrogens (tertiary/aromatic N) is 5. The third-order valence-corrected chi connectivity index (χ3v) is 9.30. The zero-order chi connectivity index (χ0) is 33.4. The molecule has 10 nitrogen and oxygen atoms in total. The first-order valence-corrected chi connectivity index (χ1v) is 17.0. The number of nitrogens with one attached hydrogen (secondary N) is 1. The van der Waals surface area contributed by atoms with Crippen molar-refractivity contribution in [2.24, 2.45) is 0 Å². The van der Waals surface area contributed by atoms with E-state index >= 15 is 0 Å². The van der Waals surface area contributed by atoms with Crippen LogP contribution < -0.4 is 5.32 Å². The second kappa shape index (κ2) is 15.3. The number of tetrazole rings is 1. The van der Waals surface area contributed by atoms with Crippen LogP contribution in [0.25, 0.3) is 16.8 Å². The molecule has 2 N–H and O–H groups in total. The lowest BCUT2D eigenvalue weighted by Crippen LogP contribution is -2.31. The van der Waals surface area contributed by atoms with Gasteiger partial charge in [-0.05, 0) is 74.6 Å². The topological polar surface area (TPSA) is 124 Å². The van der Waals surface area contributed by atoms with Crippen LogP contribution in [0.1, 0.15) is 51.4 Å². The fraction of sp³-hybridized carbons (Fsp3) is 0.184. The van der Waals surface area contributed by atoms with Crippen molar-refractivity contribution in [1.82, 2.24) is 30.5 Å². The fourth-order valence-electron chi connectivity index (χ4n) is 5.70. The fourth-order valence-corrected chi connectivity index (χ4v) is 6.61. The summed E-state index contributed by atoms with van der Waals surface area (Å²) < 4.78 is 15.0. The lowest BCUT2D eigenvalue weighted by Gasteiger charge is -2.36. The van der Waals surface area contributed by atoms with E-state index in [1.165, 1.54) is 0 Å². The molecule has 6 aromatic rings. The molecule has 0 unspecified atom stereocenters. The Balaban J connectivity index is 1.10. The summed E-state index contributed by atoms with van der Waals surface area (Å²) in [5, 5.41) is 25.6. The van der Waals surface area contributed by atoms with E-state index in [2.05, 4.69) is 50.1 Å². The van der Waals surface area contributed by atoms with Crippen LogP contribution in [0.15, 0.2) is 133 Å². The molecule has 11 heteroatoms. The second-order valence-corrected chi connectivity index (χ2v) is 12.6. The lowest BCUT2D eigenvalue weighted by molar-refractivity contribution is -0.245. The van der Waals surface area contributed by atoms with Crippen molar-refractivity contribution in [3.63, 3.8) is 0 Å². The van der Waals surface area contributed by atoms with Crippen molar-refractivity contribution in [3.05, 3.63) is 155 Å². The molecule has 0 saturated carbocycles. The third-order valence-electron chi connectivity index (χ3n) is 8.25. The van der Waals surface area contributed by atoms with E-state index in [1.54, 1.807) is 41.0 Å². The minimum atomic E-state index is -0.617. The minimum Gasteiger partial charge on any atom is -0.392 e. The van der Waals surface area contributed by atoms with Crippen molar-refractivity contribution in [2.45, 2.75) is 43.2 Å². The van der Waals surface area contributed by atoms with Crippen molar-refractivity contribution in [1.29, 1.82) is 0 Å². The van der Waals surface area contributed by atoms with Gasteiger partial charge in [-0.3, -0.25) is 9.78 Å². The summed E-state index contributed by atoms with van der Waals surface area (Å²) in [6.45, 7) is 0.373. The number of thioether (sulfide) groups is 1. The Morgan fingerprint density at radius 1 is 0.857 bits per heavy atom. The van der Waals surface area contributed by atoms with Gasteiger partial charge in [0.05, 0.1) is 30.1 Å². The van der Waals surface area contributed by atoms with Crippen molar-refractivity contribution in [2.75, 3.05) is 5.75 Å². The molecule has 1 fully saturated rings. The molecule has 1 aliphatic rings. The molecule has 2 aromatic heterocycles. The number of hydrogen-bond acceptors (Lipinski definition) is 9. The van der Waals surface area contributed by atoms with Gasteiger partial charge < -0.3 is 19.9 Å². The monoisotopic (exact) mass is 670 g/mol. The number of carbonyl (C=O) groups excluding carboxylic acids is 1. The number of aliphatic hydroxyl groups is 1. The summed E-state index contributed by atoms with van der Waals surface area (Å²) in [5.41, 5.74) is 7.17. The van der Waals surface area contributed by atoms with E-state index < -0.39 is 6.29 Å². The Morgan fingerprint density at radius 3 is 2.47 bits per heavy atom. The summed E-state index contributed by atoms with van der Waals surface area (Å²) in [6, 6.07) is 37.4. The normalized spacial score (nSPS) is 17.4. The maximum Gasteiger partial charge on any atom is 0.253 e. The van der Waals surface area contributed by atoms with Crippen LogP contribution in [0, 0.1) is 0 Å². The second-order valence-electron chi connectivity index (χ2n) is 11.6. The SMILES string of the molecule is O=C(NCc1cccc(-c2cccc([C@@H]3O[C@H](CSc4nnnn4-c4ccccc4)C[C@H](c4ccc(CO)cc4)O3)c2)c1)c1cccnc1. The predicted octanol–water partition coefficient (Wildman–Crippen LogP) is 6.48. The molecule has 49 heavy (non-hydrogen) atoms. The summed E-state index contributed by atoms with van der Waals surface area (Å²) >= 11 is 1.54. The molecule has 1 saturated heterocycles. The molecule has 0 radical (unpaired) electrons. The van der Waals surface area contributed by atoms with Gasteiger partial charge in [0.25, 0.3) is 5.91 Å². The van der Waals surface area contributed by atoms with Crippen LogP contribution in [0.2, 0.25) is 0 Å². The molecule has 0 aliphatic carbocycles. The van der Waals surface area contributed by atoms with Gasteiger partial charge in [-0.15, -0.1) is 5.10 Å². The predicted molar refractivity (Wildman–Crippen MR) is 186 cm³/mol. The van der Waals surface area contributed by atoms with Gasteiger partial charge in [0.15, 0.2) is 6.29 Å². The molecule has 4 aromatic carbocycles. The van der Waals surface area contributed by atoms with Crippen LogP contribution in [0.4, 0.5) is 0 Å². The summed E-state index contributed by atoms with van der Waals surface area (Å²) in [6.07, 6.45) is 2.83. The molecule has 0 spiro atoms. The van der Waals surface area contributed by atoms with Gasteiger partial charge in [-0.2, -0.15) is 4.68 Å². The highest BCUT2D eigenvalue weighted by molar-refractivity contribution is 7.99. The Kier molecular flexibility index (Phi) is 10.1. The molecular formula is C38H34N6O4S. The number of hydrogen-bond donors (Lipinski definition) is 2. The number of amides is 1. The average Bonchev–Trinajstić information content (AvgIpc) is 3.66. The zero-order valence-corrected chi connectivity index (χ0v) is 27.3. The highest BCUT2D eigenvalue weighted by Gasteiger charge is 2.33. The number of para-hydroxylation sites is 1. The van der Waals surface area contributed by atoms with E-state index in [9.17, 15) is 9.90 Å². The Labute approximate surface area is 288 Å². The highest BCUT2D eigenvalue weighted by atomic mass is 32.2. The van der Waals surface area contributed by atoms with Crippen LogP contribution in [-0.2, 0) is 22.6 Å². The maximum atomic E-state index is 12.6. The van der Waals surface area contributed by atoms with E-state index in [-0.39, 0.29) is 24.7 Å². The Bertz CT molecular complexity index is 1990. The van der Waals surface area contributed by atoms with Crippen molar-refractivity contribution >= 4 is 17.7 Å². The smallest absolute Gasteiger partial charge is 0.253 e. The minimum absolute atomic E-state index is 0.0161. The van der Waals surface area contributed by atoms with Gasteiger partial charge in [-0.25, -0.2) is 0 Å². The summed E-state index contributed by atoms with van der Waals surface area (Å²) in [7, 11) is 0. The zero-order valence-electron chi connectivity index (χ0n) is 26.5. The van der Waals surface area contributed by atoms with Gasteiger partial charge in [0, 0.05) is 36.7 Å². The number of rotatable bonds is 11. The van der Waals surface area contributed by atoms with Crippen LogP contribution in [0.3, 0.4) is 0 Å². The van der Waals surface area contributed by atoms with Gasteiger partial charge in [0.1, 0.15) is 0 Å². The van der Waals surface area contributed by atoms with Crippen molar-refractivity contribution < 1.29 is 19.4 Å². The maximum absolute atomic E-state index is 12.6. The number of pyridine rings is 1. The lowest BCUT2D eigenvalue weighted by atomic mass is 9.99. The van der Waals surface area contributed by atoms with Crippen molar-refractivity contribution in [3.8, 4) is 16.8 Å². The third kappa shape index (κ3) is 7.93. The van der Waals surface area contributed by atoms with Gasteiger partial charge >= 0.3 is 0 Å².